The lowest BCUT2D eigenvalue weighted by Gasteiger charge is -2.04. The van der Waals surface area contributed by atoms with Crippen LogP contribution in [-0.2, 0) is 7.05 Å². The van der Waals surface area contributed by atoms with Gasteiger partial charge in [0.05, 0.1) is 0 Å². The van der Waals surface area contributed by atoms with Crippen molar-refractivity contribution in [1.29, 1.82) is 0 Å². The van der Waals surface area contributed by atoms with Crippen LogP contribution < -0.4 is 0 Å². The quantitative estimate of drug-likeness (QED) is 0.407. The second-order valence-corrected chi connectivity index (χ2v) is 7.73. The van der Waals surface area contributed by atoms with Gasteiger partial charge in [0.2, 0.25) is 0 Å². The molecule has 0 amide bonds. The molecular weight excluding hydrogens is 316 g/mol. The summed E-state index contributed by atoms with van der Waals surface area (Å²) in [6.07, 6.45) is 2.23. The van der Waals surface area contributed by atoms with E-state index in [1.54, 1.807) is 0 Å². The third-order valence-corrected chi connectivity index (χ3v) is 5.07. The molecule has 0 radical (unpaired) electrons. The van der Waals surface area contributed by atoms with E-state index in [1.807, 2.05) is 0 Å². The normalized spacial score (nSPS) is 11.4. The van der Waals surface area contributed by atoms with Crippen LogP contribution in [-0.4, -0.2) is 9.55 Å². The lowest BCUT2D eigenvalue weighted by atomic mass is 10.00. The first-order chi connectivity index (χ1) is 12.4. The Balaban J connectivity index is 0.000000151. The lowest BCUT2D eigenvalue weighted by Crippen LogP contribution is -1.87. The SMILES string of the molecule is CC(C)c1cn(C)c2ccccc12.Cc1[nH]c2ccccc2c1C(C)C. The zero-order chi connectivity index (χ0) is 18.8. The van der Waals surface area contributed by atoms with E-state index in [0.29, 0.717) is 11.8 Å². The number of aryl methyl sites for hydroxylation is 2. The highest BCUT2D eigenvalue weighted by atomic mass is 14.9. The van der Waals surface area contributed by atoms with E-state index in [4.69, 9.17) is 0 Å². The van der Waals surface area contributed by atoms with E-state index in [2.05, 4.69) is 106 Å². The van der Waals surface area contributed by atoms with Crippen LogP contribution in [0.2, 0.25) is 0 Å². The predicted molar refractivity (Wildman–Crippen MR) is 114 cm³/mol. The molecule has 136 valence electrons. The molecule has 4 rings (SSSR count). The predicted octanol–water partition coefficient (Wildman–Crippen LogP) is 6.90. The van der Waals surface area contributed by atoms with Gasteiger partial charge in [-0.15, -0.1) is 0 Å². The van der Waals surface area contributed by atoms with E-state index in [9.17, 15) is 0 Å². The average Bonchev–Trinajstić information content (AvgIpc) is 3.12. The number of para-hydroxylation sites is 2. The number of hydrogen-bond acceptors (Lipinski definition) is 0. The number of benzene rings is 2. The summed E-state index contributed by atoms with van der Waals surface area (Å²) in [5, 5.41) is 2.76. The van der Waals surface area contributed by atoms with E-state index >= 15 is 0 Å². The molecule has 0 fully saturated rings. The van der Waals surface area contributed by atoms with Crippen LogP contribution >= 0.6 is 0 Å². The molecule has 0 atom stereocenters. The zero-order valence-electron chi connectivity index (χ0n) is 16.8. The van der Waals surface area contributed by atoms with E-state index in [-0.39, 0.29) is 0 Å². The first-order valence-electron chi connectivity index (χ1n) is 9.51. The van der Waals surface area contributed by atoms with Crippen LogP contribution in [0.3, 0.4) is 0 Å². The Morgan fingerprint density at radius 1 is 0.808 bits per heavy atom. The second kappa shape index (κ2) is 7.41. The van der Waals surface area contributed by atoms with Gasteiger partial charge in [-0.3, -0.25) is 0 Å². The molecule has 0 unspecified atom stereocenters. The Morgan fingerprint density at radius 3 is 2.08 bits per heavy atom. The molecule has 2 aromatic carbocycles. The van der Waals surface area contributed by atoms with E-state index < -0.39 is 0 Å². The topological polar surface area (TPSA) is 20.7 Å². The van der Waals surface area contributed by atoms with Crippen molar-refractivity contribution < 1.29 is 0 Å². The Bertz CT molecular complexity index is 1010. The van der Waals surface area contributed by atoms with Gasteiger partial charge in [0.1, 0.15) is 0 Å². The molecule has 26 heavy (non-hydrogen) atoms. The number of rotatable bonds is 2. The molecule has 0 spiro atoms. The highest BCUT2D eigenvalue weighted by molar-refractivity contribution is 5.85. The summed E-state index contributed by atoms with van der Waals surface area (Å²) in [5.41, 5.74) is 6.78. The third kappa shape index (κ3) is 3.41. The van der Waals surface area contributed by atoms with Crippen molar-refractivity contribution in [3.63, 3.8) is 0 Å². The van der Waals surface area contributed by atoms with Crippen molar-refractivity contribution in [3.05, 3.63) is 71.5 Å². The van der Waals surface area contributed by atoms with Gasteiger partial charge >= 0.3 is 0 Å². The monoisotopic (exact) mass is 346 g/mol. The fourth-order valence-electron chi connectivity index (χ4n) is 3.88. The largest absolute Gasteiger partial charge is 0.358 e. The van der Waals surface area contributed by atoms with Gasteiger partial charge < -0.3 is 9.55 Å². The van der Waals surface area contributed by atoms with E-state index in [0.717, 1.165) is 0 Å². The summed E-state index contributed by atoms with van der Waals surface area (Å²) in [6.45, 7) is 11.1. The van der Waals surface area contributed by atoms with Crippen LogP contribution in [0.25, 0.3) is 21.8 Å². The molecule has 0 saturated carbocycles. The molecule has 2 aromatic heterocycles. The van der Waals surface area contributed by atoms with Gasteiger partial charge in [-0.1, -0.05) is 64.1 Å². The summed E-state index contributed by atoms with van der Waals surface area (Å²) >= 11 is 0. The van der Waals surface area contributed by atoms with Gasteiger partial charge in [-0.2, -0.15) is 0 Å². The summed E-state index contributed by atoms with van der Waals surface area (Å²) in [4.78, 5) is 3.41. The number of nitrogens with one attached hydrogen (secondary N) is 1. The molecule has 2 heteroatoms. The van der Waals surface area contributed by atoms with Gasteiger partial charge in [0.25, 0.3) is 0 Å². The Morgan fingerprint density at radius 2 is 1.42 bits per heavy atom. The molecule has 0 aliphatic rings. The molecule has 2 heterocycles. The number of nitrogens with zero attached hydrogens (tertiary/aromatic N) is 1. The van der Waals surface area contributed by atoms with Gasteiger partial charge in [0.15, 0.2) is 0 Å². The van der Waals surface area contributed by atoms with Crippen LogP contribution in [0.5, 0.6) is 0 Å². The highest BCUT2D eigenvalue weighted by Crippen LogP contribution is 2.28. The minimum Gasteiger partial charge on any atom is -0.358 e. The zero-order valence-corrected chi connectivity index (χ0v) is 16.8. The Labute approximate surface area is 156 Å². The fourth-order valence-corrected chi connectivity index (χ4v) is 3.88. The van der Waals surface area contributed by atoms with Crippen molar-refractivity contribution in [1.82, 2.24) is 9.55 Å². The lowest BCUT2D eigenvalue weighted by molar-refractivity contribution is 0.857. The van der Waals surface area contributed by atoms with Crippen molar-refractivity contribution in [2.45, 2.75) is 46.5 Å². The summed E-state index contributed by atoms with van der Waals surface area (Å²) in [6, 6.07) is 17.1. The summed E-state index contributed by atoms with van der Waals surface area (Å²) < 4.78 is 2.20. The van der Waals surface area contributed by atoms with Crippen LogP contribution in [0.15, 0.2) is 54.7 Å². The maximum Gasteiger partial charge on any atom is 0.0480 e. The highest BCUT2D eigenvalue weighted by Gasteiger charge is 2.10. The minimum absolute atomic E-state index is 0.594. The molecule has 1 N–H and O–H groups in total. The number of aromatic amines is 1. The van der Waals surface area contributed by atoms with Gasteiger partial charge in [0, 0.05) is 40.7 Å². The van der Waals surface area contributed by atoms with Crippen molar-refractivity contribution in [2.24, 2.45) is 7.05 Å². The van der Waals surface area contributed by atoms with E-state index in [1.165, 1.54) is 38.6 Å². The number of aromatic nitrogens is 2. The number of H-pyrrole nitrogens is 1. The summed E-state index contributed by atoms with van der Waals surface area (Å²) in [7, 11) is 2.11. The first-order valence-corrected chi connectivity index (χ1v) is 9.51. The standard InChI is InChI=1S/2C12H15N/c1-9(2)11-8-13(3)12-7-5-4-6-10(11)12;1-8(2)12-9(3)13-11-7-5-4-6-10(11)12/h4-9H,1-3H3;4-8,13H,1-3H3. The molecule has 0 saturated heterocycles. The second-order valence-electron chi connectivity index (χ2n) is 7.73. The average molecular weight is 347 g/mol. The van der Waals surface area contributed by atoms with Crippen molar-refractivity contribution in [3.8, 4) is 0 Å². The molecule has 2 nitrogen and oxygen atoms in total. The summed E-state index contributed by atoms with van der Waals surface area (Å²) in [5.74, 6) is 1.20. The van der Waals surface area contributed by atoms with Gasteiger partial charge in [-0.25, -0.2) is 0 Å². The minimum atomic E-state index is 0.594. The fraction of sp³-hybridized carbons (Fsp3) is 0.333. The van der Waals surface area contributed by atoms with Crippen LogP contribution in [0, 0.1) is 6.92 Å². The van der Waals surface area contributed by atoms with Crippen LogP contribution in [0.1, 0.15) is 56.4 Å². The molecule has 0 bridgehead atoms. The molecular formula is C24H30N2. The Hall–Kier alpha value is -2.48. The number of fused-ring (bicyclic) bond motifs is 2. The Kier molecular flexibility index (Phi) is 5.22. The van der Waals surface area contributed by atoms with Gasteiger partial charge in [-0.05, 0) is 42.0 Å². The van der Waals surface area contributed by atoms with Crippen molar-refractivity contribution in [2.75, 3.05) is 0 Å². The maximum absolute atomic E-state index is 3.41. The third-order valence-electron chi connectivity index (χ3n) is 5.07. The molecule has 4 aromatic rings. The van der Waals surface area contributed by atoms with Crippen LogP contribution in [0.4, 0.5) is 0 Å². The maximum atomic E-state index is 3.41. The smallest absolute Gasteiger partial charge is 0.0480 e. The number of hydrogen-bond donors (Lipinski definition) is 1. The molecule has 0 aliphatic heterocycles. The first kappa shape index (κ1) is 18.3. The molecule has 0 aliphatic carbocycles. The van der Waals surface area contributed by atoms with Crippen molar-refractivity contribution >= 4 is 21.8 Å².